The van der Waals surface area contributed by atoms with Crippen LogP contribution in [-0.4, -0.2) is 28.1 Å². The van der Waals surface area contributed by atoms with Gasteiger partial charge in [-0.2, -0.15) is 0 Å². The van der Waals surface area contributed by atoms with Gasteiger partial charge in [-0.3, -0.25) is 4.99 Å². The maximum atomic E-state index is 5.98. The first kappa shape index (κ1) is 15.9. The minimum absolute atomic E-state index is 0.532. The van der Waals surface area contributed by atoms with Crippen molar-refractivity contribution in [3.63, 3.8) is 0 Å². The summed E-state index contributed by atoms with van der Waals surface area (Å²) in [7, 11) is 0. The molecule has 1 aromatic rings. The Kier molecular flexibility index (Phi) is 6.57. The van der Waals surface area contributed by atoms with Crippen molar-refractivity contribution in [1.82, 2.24) is 14.9 Å². The number of nitrogens with zero attached hydrogens (tertiary/aromatic N) is 3. The molecule has 1 aliphatic carbocycles. The molecule has 21 heavy (non-hydrogen) atoms. The van der Waals surface area contributed by atoms with Crippen LogP contribution in [0.2, 0.25) is 0 Å². The summed E-state index contributed by atoms with van der Waals surface area (Å²) in [6.07, 6.45) is 13.9. The first-order valence-electron chi connectivity index (χ1n) is 8.30. The van der Waals surface area contributed by atoms with E-state index in [0.29, 0.717) is 12.0 Å². The van der Waals surface area contributed by atoms with E-state index in [0.717, 1.165) is 31.8 Å². The third-order valence-electron chi connectivity index (χ3n) is 4.22. The Balaban J connectivity index is 1.60. The number of rotatable bonds is 6. The normalized spacial score (nSPS) is 17.7. The standard InChI is InChI=1S/C16H29N5/c1-14-18-11-13-21(14)12-7-6-10-19-16(17)20-15-8-4-2-3-5-9-15/h11,13,15H,2-10,12H2,1H3,(H3,17,19,20). The molecule has 1 fully saturated rings. The lowest BCUT2D eigenvalue weighted by molar-refractivity contribution is 0.529. The molecule has 0 saturated heterocycles. The molecule has 1 heterocycles. The average molecular weight is 291 g/mol. The SMILES string of the molecule is Cc1nccn1CCCCN=C(N)NC1CCCCCC1. The highest BCUT2D eigenvalue weighted by Gasteiger charge is 2.11. The van der Waals surface area contributed by atoms with Crippen LogP contribution in [0.4, 0.5) is 0 Å². The zero-order chi connectivity index (χ0) is 14.9. The zero-order valence-corrected chi connectivity index (χ0v) is 13.2. The van der Waals surface area contributed by atoms with Gasteiger partial charge in [-0.05, 0) is 32.6 Å². The molecule has 118 valence electrons. The van der Waals surface area contributed by atoms with E-state index in [4.69, 9.17) is 5.73 Å². The summed E-state index contributed by atoms with van der Waals surface area (Å²) in [5.41, 5.74) is 5.98. The molecule has 0 unspecified atom stereocenters. The first-order valence-corrected chi connectivity index (χ1v) is 8.30. The lowest BCUT2D eigenvalue weighted by Gasteiger charge is -2.16. The molecule has 2 rings (SSSR count). The van der Waals surface area contributed by atoms with Gasteiger partial charge >= 0.3 is 0 Å². The van der Waals surface area contributed by atoms with Crippen LogP contribution in [0.25, 0.3) is 0 Å². The van der Waals surface area contributed by atoms with E-state index >= 15 is 0 Å². The maximum absolute atomic E-state index is 5.98. The largest absolute Gasteiger partial charge is 0.370 e. The Morgan fingerprint density at radius 2 is 2.10 bits per heavy atom. The molecule has 5 heteroatoms. The molecule has 0 aliphatic heterocycles. The number of aryl methyl sites for hydroxylation is 2. The van der Waals surface area contributed by atoms with Crippen molar-refractivity contribution in [2.75, 3.05) is 6.54 Å². The highest BCUT2D eigenvalue weighted by atomic mass is 15.1. The van der Waals surface area contributed by atoms with Crippen LogP contribution in [-0.2, 0) is 6.54 Å². The van der Waals surface area contributed by atoms with Crippen LogP contribution in [0.15, 0.2) is 17.4 Å². The predicted molar refractivity (Wildman–Crippen MR) is 87.3 cm³/mol. The van der Waals surface area contributed by atoms with E-state index in [-0.39, 0.29) is 0 Å². The van der Waals surface area contributed by atoms with Crippen LogP contribution in [0.5, 0.6) is 0 Å². The van der Waals surface area contributed by atoms with Gasteiger partial charge in [0.1, 0.15) is 5.82 Å². The Bertz CT molecular complexity index is 430. The smallest absolute Gasteiger partial charge is 0.188 e. The topological polar surface area (TPSA) is 68.2 Å². The van der Waals surface area contributed by atoms with Crippen molar-refractivity contribution in [2.45, 2.75) is 70.9 Å². The van der Waals surface area contributed by atoms with Gasteiger partial charge in [0.25, 0.3) is 0 Å². The second kappa shape index (κ2) is 8.70. The average Bonchev–Trinajstić information content (AvgIpc) is 2.72. The quantitative estimate of drug-likeness (QED) is 0.366. The number of nitrogens with two attached hydrogens (primary N) is 1. The van der Waals surface area contributed by atoms with Crippen molar-refractivity contribution >= 4 is 5.96 Å². The summed E-state index contributed by atoms with van der Waals surface area (Å²) in [4.78, 5) is 8.67. The molecule has 1 saturated carbocycles. The number of nitrogens with one attached hydrogen (secondary N) is 1. The van der Waals surface area contributed by atoms with Crippen molar-refractivity contribution in [2.24, 2.45) is 10.7 Å². The second-order valence-electron chi connectivity index (χ2n) is 5.97. The number of imidazole rings is 1. The fourth-order valence-corrected chi connectivity index (χ4v) is 2.91. The van der Waals surface area contributed by atoms with Crippen LogP contribution < -0.4 is 11.1 Å². The Morgan fingerprint density at radius 1 is 1.33 bits per heavy atom. The molecule has 1 aromatic heterocycles. The lowest BCUT2D eigenvalue weighted by Crippen LogP contribution is -2.39. The maximum Gasteiger partial charge on any atom is 0.188 e. The van der Waals surface area contributed by atoms with Gasteiger partial charge in [-0.25, -0.2) is 4.98 Å². The zero-order valence-electron chi connectivity index (χ0n) is 13.2. The van der Waals surface area contributed by atoms with E-state index in [1.165, 1.54) is 38.5 Å². The molecule has 0 radical (unpaired) electrons. The molecular weight excluding hydrogens is 262 g/mol. The summed E-state index contributed by atoms with van der Waals surface area (Å²) < 4.78 is 2.18. The molecule has 3 N–H and O–H groups in total. The van der Waals surface area contributed by atoms with Gasteiger partial charge in [0.2, 0.25) is 0 Å². The monoisotopic (exact) mass is 291 g/mol. The minimum Gasteiger partial charge on any atom is -0.370 e. The van der Waals surface area contributed by atoms with Gasteiger partial charge in [0.05, 0.1) is 0 Å². The van der Waals surface area contributed by atoms with E-state index in [1.807, 2.05) is 19.3 Å². The summed E-state index contributed by atoms with van der Waals surface area (Å²) in [6.45, 7) is 3.85. The lowest BCUT2D eigenvalue weighted by atomic mass is 10.1. The van der Waals surface area contributed by atoms with E-state index in [2.05, 4.69) is 19.9 Å². The predicted octanol–water partition coefficient (Wildman–Crippen LogP) is 2.60. The van der Waals surface area contributed by atoms with Gasteiger partial charge in [0, 0.05) is 31.5 Å². The molecule has 0 amide bonds. The third-order valence-corrected chi connectivity index (χ3v) is 4.22. The molecular formula is C16H29N5. The Morgan fingerprint density at radius 3 is 2.76 bits per heavy atom. The van der Waals surface area contributed by atoms with Crippen LogP contribution in [0.1, 0.15) is 57.2 Å². The number of hydrogen-bond donors (Lipinski definition) is 2. The van der Waals surface area contributed by atoms with Crippen molar-refractivity contribution in [3.05, 3.63) is 18.2 Å². The fraction of sp³-hybridized carbons (Fsp3) is 0.750. The Hall–Kier alpha value is -1.52. The number of aliphatic imine (C=N–C) groups is 1. The highest BCUT2D eigenvalue weighted by molar-refractivity contribution is 5.78. The van der Waals surface area contributed by atoms with Crippen LogP contribution >= 0.6 is 0 Å². The number of aromatic nitrogens is 2. The molecule has 5 nitrogen and oxygen atoms in total. The van der Waals surface area contributed by atoms with Gasteiger partial charge in [0.15, 0.2) is 5.96 Å². The minimum atomic E-state index is 0.532. The molecule has 0 atom stereocenters. The summed E-state index contributed by atoms with van der Waals surface area (Å²) in [6, 6.07) is 0.532. The number of unbranched alkanes of at least 4 members (excludes halogenated alkanes) is 1. The second-order valence-corrected chi connectivity index (χ2v) is 5.97. The molecule has 1 aliphatic rings. The van der Waals surface area contributed by atoms with Gasteiger partial charge in [-0.15, -0.1) is 0 Å². The molecule has 0 bridgehead atoms. The van der Waals surface area contributed by atoms with Crippen LogP contribution in [0, 0.1) is 6.92 Å². The molecule has 0 spiro atoms. The fourth-order valence-electron chi connectivity index (χ4n) is 2.91. The Labute approximate surface area is 128 Å². The van der Waals surface area contributed by atoms with Crippen LogP contribution in [0.3, 0.4) is 0 Å². The summed E-state index contributed by atoms with van der Waals surface area (Å²) in [5, 5.41) is 3.38. The first-order chi connectivity index (χ1) is 10.3. The van der Waals surface area contributed by atoms with Gasteiger partial charge < -0.3 is 15.6 Å². The highest BCUT2D eigenvalue weighted by Crippen LogP contribution is 2.16. The van der Waals surface area contributed by atoms with Gasteiger partial charge in [-0.1, -0.05) is 25.7 Å². The molecule has 0 aromatic carbocycles. The van der Waals surface area contributed by atoms with E-state index < -0.39 is 0 Å². The summed E-state index contributed by atoms with van der Waals surface area (Å²) >= 11 is 0. The van der Waals surface area contributed by atoms with Crippen molar-refractivity contribution < 1.29 is 0 Å². The summed E-state index contributed by atoms with van der Waals surface area (Å²) in [5.74, 6) is 1.70. The van der Waals surface area contributed by atoms with E-state index in [9.17, 15) is 0 Å². The third kappa shape index (κ3) is 5.78. The number of hydrogen-bond acceptors (Lipinski definition) is 2. The van der Waals surface area contributed by atoms with Crippen molar-refractivity contribution in [1.29, 1.82) is 0 Å². The van der Waals surface area contributed by atoms with E-state index in [1.54, 1.807) is 0 Å². The number of guanidine groups is 1. The van der Waals surface area contributed by atoms with Crippen molar-refractivity contribution in [3.8, 4) is 0 Å².